The van der Waals surface area contributed by atoms with Gasteiger partial charge in [-0.3, -0.25) is 0 Å². The summed E-state index contributed by atoms with van der Waals surface area (Å²) >= 11 is 0. The summed E-state index contributed by atoms with van der Waals surface area (Å²) in [7, 11) is 4.31. The minimum atomic E-state index is 0.220. The molecule has 0 heterocycles. The van der Waals surface area contributed by atoms with Gasteiger partial charge in [0.25, 0.3) is 0 Å². The van der Waals surface area contributed by atoms with Crippen LogP contribution in [-0.4, -0.2) is 25.0 Å². The molecule has 1 aliphatic carbocycles. The first kappa shape index (κ1) is 11.5. The second-order valence-corrected chi connectivity index (χ2v) is 5.00. The monoisotopic (exact) mass is 193 g/mol. The van der Waals surface area contributed by atoms with Gasteiger partial charge >= 0.3 is 0 Å². The van der Waals surface area contributed by atoms with Crippen LogP contribution in [0.2, 0.25) is 0 Å². The Kier molecular flexibility index (Phi) is 2.91. The number of hydrogen-bond donors (Lipinski definition) is 0. The van der Waals surface area contributed by atoms with Gasteiger partial charge in [0, 0.05) is 11.5 Å². The van der Waals surface area contributed by atoms with Gasteiger partial charge in [-0.05, 0) is 47.4 Å². The van der Waals surface area contributed by atoms with E-state index in [0.29, 0.717) is 6.04 Å². The van der Waals surface area contributed by atoms with Gasteiger partial charge in [-0.25, -0.2) is 0 Å². The van der Waals surface area contributed by atoms with E-state index < -0.39 is 0 Å². The fourth-order valence-corrected chi connectivity index (χ4v) is 2.34. The molecule has 0 radical (unpaired) electrons. The van der Waals surface area contributed by atoms with Crippen molar-refractivity contribution in [3.05, 3.63) is 22.8 Å². The van der Waals surface area contributed by atoms with Gasteiger partial charge in [-0.15, -0.1) is 0 Å². The molecule has 0 aromatic rings. The van der Waals surface area contributed by atoms with E-state index in [0.717, 1.165) is 0 Å². The molecule has 1 heteroatoms. The average Bonchev–Trinajstić information content (AvgIpc) is 2.30. The van der Waals surface area contributed by atoms with E-state index in [2.05, 4.69) is 59.7 Å². The van der Waals surface area contributed by atoms with Crippen LogP contribution in [0.15, 0.2) is 22.8 Å². The Bertz CT molecular complexity index is 296. The van der Waals surface area contributed by atoms with E-state index in [1.807, 2.05) is 0 Å². The largest absolute Gasteiger partial charge is 0.306 e. The molecule has 14 heavy (non-hydrogen) atoms. The highest BCUT2D eigenvalue weighted by Crippen LogP contribution is 2.44. The third-order valence-corrected chi connectivity index (χ3v) is 4.12. The van der Waals surface area contributed by atoms with Crippen LogP contribution in [0.25, 0.3) is 0 Å². The normalized spacial score (nSPS) is 29.9. The van der Waals surface area contributed by atoms with Crippen LogP contribution >= 0.6 is 0 Å². The lowest BCUT2D eigenvalue weighted by Gasteiger charge is -2.36. The molecule has 2 atom stereocenters. The van der Waals surface area contributed by atoms with E-state index in [-0.39, 0.29) is 5.41 Å². The second-order valence-electron chi connectivity index (χ2n) is 5.00. The van der Waals surface area contributed by atoms with Crippen molar-refractivity contribution in [3.8, 4) is 0 Å². The molecule has 2 unspecified atom stereocenters. The number of hydrogen-bond acceptors (Lipinski definition) is 1. The van der Waals surface area contributed by atoms with Crippen LogP contribution in [0.1, 0.15) is 34.6 Å². The van der Waals surface area contributed by atoms with Gasteiger partial charge in [-0.1, -0.05) is 24.1 Å². The lowest BCUT2D eigenvalue weighted by Crippen LogP contribution is -2.39. The fraction of sp³-hybridized carbons (Fsp3) is 0.692. The summed E-state index contributed by atoms with van der Waals surface area (Å²) in [4.78, 5) is 2.30. The van der Waals surface area contributed by atoms with Crippen LogP contribution in [0.3, 0.4) is 0 Å². The van der Waals surface area contributed by atoms with Crippen LogP contribution in [0, 0.1) is 5.41 Å². The van der Waals surface area contributed by atoms with Gasteiger partial charge in [0.05, 0.1) is 0 Å². The molecule has 1 nitrogen and oxygen atoms in total. The molecule has 0 aromatic heterocycles. The fourth-order valence-electron chi connectivity index (χ4n) is 2.34. The minimum Gasteiger partial charge on any atom is -0.306 e. The Morgan fingerprint density at radius 1 is 1.21 bits per heavy atom. The highest BCUT2D eigenvalue weighted by Gasteiger charge is 2.36. The van der Waals surface area contributed by atoms with E-state index in [1.54, 1.807) is 0 Å². The topological polar surface area (TPSA) is 3.24 Å². The first-order valence-electron chi connectivity index (χ1n) is 5.35. The highest BCUT2D eigenvalue weighted by atomic mass is 15.1. The molecule has 0 saturated carbocycles. The molecule has 0 spiro atoms. The molecule has 0 aromatic carbocycles. The molecule has 0 fully saturated rings. The lowest BCUT2D eigenvalue weighted by atomic mass is 9.78. The predicted octanol–water partition coefficient (Wildman–Crippen LogP) is 3.24. The van der Waals surface area contributed by atoms with E-state index >= 15 is 0 Å². The van der Waals surface area contributed by atoms with E-state index in [9.17, 15) is 0 Å². The average molecular weight is 193 g/mol. The summed E-state index contributed by atoms with van der Waals surface area (Å²) in [5, 5.41) is 0. The maximum absolute atomic E-state index is 2.42. The van der Waals surface area contributed by atoms with E-state index in [4.69, 9.17) is 0 Å². The smallest absolute Gasteiger partial charge is 0.0224 e. The molecule has 80 valence electrons. The van der Waals surface area contributed by atoms with Crippen LogP contribution in [-0.2, 0) is 0 Å². The summed E-state index contributed by atoms with van der Waals surface area (Å²) in [6, 6.07) is 0.551. The zero-order valence-electron chi connectivity index (χ0n) is 10.6. The summed E-state index contributed by atoms with van der Waals surface area (Å²) in [6.45, 7) is 11.3. The first-order valence-corrected chi connectivity index (χ1v) is 5.35. The standard InChI is InChI=1S/C13H23N/c1-9-8-13(5,11(3)10(9)2)12(4)14(6)7/h8,12H,1-7H3. The van der Waals surface area contributed by atoms with Crippen molar-refractivity contribution < 1.29 is 0 Å². The van der Waals surface area contributed by atoms with Crippen molar-refractivity contribution in [2.75, 3.05) is 14.1 Å². The molecule has 1 rings (SSSR count). The Labute approximate surface area is 88.5 Å². The summed E-state index contributed by atoms with van der Waals surface area (Å²) in [6.07, 6.45) is 2.42. The first-order chi connectivity index (χ1) is 6.30. The highest BCUT2D eigenvalue weighted by molar-refractivity contribution is 5.46. The lowest BCUT2D eigenvalue weighted by molar-refractivity contribution is 0.210. The Morgan fingerprint density at radius 2 is 1.71 bits per heavy atom. The molecule has 0 saturated heterocycles. The molecular formula is C13H23N. The molecule has 1 aliphatic rings. The SMILES string of the molecule is CC1=CC(C)(C(C)N(C)C)C(C)=C1C. The summed E-state index contributed by atoms with van der Waals surface area (Å²) in [5.74, 6) is 0. The predicted molar refractivity (Wildman–Crippen MR) is 63.4 cm³/mol. The number of allylic oxidation sites excluding steroid dienone is 2. The Hall–Kier alpha value is -0.560. The summed E-state index contributed by atoms with van der Waals surface area (Å²) in [5.41, 5.74) is 4.66. The zero-order valence-corrected chi connectivity index (χ0v) is 10.6. The second kappa shape index (κ2) is 3.54. The van der Waals surface area contributed by atoms with Gasteiger partial charge in [-0.2, -0.15) is 0 Å². The van der Waals surface area contributed by atoms with Gasteiger partial charge in [0.2, 0.25) is 0 Å². The third-order valence-electron chi connectivity index (χ3n) is 4.12. The van der Waals surface area contributed by atoms with Gasteiger partial charge < -0.3 is 4.90 Å². The Balaban J connectivity index is 3.10. The van der Waals surface area contributed by atoms with Crippen LogP contribution < -0.4 is 0 Å². The minimum absolute atomic E-state index is 0.220. The van der Waals surface area contributed by atoms with Crippen molar-refractivity contribution >= 4 is 0 Å². The molecule has 0 amide bonds. The van der Waals surface area contributed by atoms with Crippen LogP contribution in [0.4, 0.5) is 0 Å². The maximum atomic E-state index is 2.42. The summed E-state index contributed by atoms with van der Waals surface area (Å²) < 4.78 is 0. The molecule has 0 aliphatic heterocycles. The maximum Gasteiger partial charge on any atom is 0.0224 e. The third kappa shape index (κ3) is 1.54. The molecule has 0 N–H and O–H groups in total. The Morgan fingerprint density at radius 3 is 2.00 bits per heavy atom. The van der Waals surface area contributed by atoms with Gasteiger partial charge in [0.15, 0.2) is 0 Å². The quantitative estimate of drug-likeness (QED) is 0.651. The zero-order chi connectivity index (χ0) is 11.1. The molecular weight excluding hydrogens is 170 g/mol. The van der Waals surface area contributed by atoms with Crippen molar-refractivity contribution in [3.63, 3.8) is 0 Å². The number of nitrogens with zero attached hydrogens (tertiary/aromatic N) is 1. The number of rotatable bonds is 2. The van der Waals surface area contributed by atoms with Crippen LogP contribution in [0.5, 0.6) is 0 Å². The van der Waals surface area contributed by atoms with Crippen molar-refractivity contribution in [2.45, 2.75) is 40.7 Å². The van der Waals surface area contributed by atoms with Crippen molar-refractivity contribution in [2.24, 2.45) is 5.41 Å². The van der Waals surface area contributed by atoms with Gasteiger partial charge in [0.1, 0.15) is 0 Å². The molecule has 0 bridgehead atoms. The van der Waals surface area contributed by atoms with E-state index in [1.165, 1.54) is 16.7 Å². The van der Waals surface area contributed by atoms with Crippen molar-refractivity contribution in [1.82, 2.24) is 4.90 Å². The van der Waals surface area contributed by atoms with Crippen molar-refractivity contribution in [1.29, 1.82) is 0 Å².